The Bertz CT molecular complexity index is 1180. The van der Waals surface area contributed by atoms with Crippen LogP contribution >= 0.6 is 0 Å². The van der Waals surface area contributed by atoms with Crippen molar-refractivity contribution in [3.63, 3.8) is 0 Å². The van der Waals surface area contributed by atoms with Crippen LogP contribution in [0.1, 0.15) is 12.8 Å². The SMILES string of the molecule is COc1cccc(NC(=O)COc2ccc(N3C[C@@H](C(=O)NCCCn4ccnc4)CC3=O)cc2)c1. The van der Waals surface area contributed by atoms with Crippen LogP contribution in [-0.4, -0.2) is 54.1 Å². The van der Waals surface area contributed by atoms with E-state index in [2.05, 4.69) is 15.6 Å². The van der Waals surface area contributed by atoms with Crippen molar-refractivity contribution in [1.29, 1.82) is 0 Å². The van der Waals surface area contributed by atoms with Crippen LogP contribution in [0.3, 0.4) is 0 Å². The van der Waals surface area contributed by atoms with Gasteiger partial charge in [0.25, 0.3) is 5.91 Å². The summed E-state index contributed by atoms with van der Waals surface area (Å²) in [4.78, 5) is 42.8. The number of carbonyl (C=O) groups is 3. The second kappa shape index (κ2) is 11.9. The fraction of sp³-hybridized carbons (Fsp3) is 0.308. The molecule has 0 saturated carbocycles. The van der Waals surface area contributed by atoms with Crippen molar-refractivity contribution in [2.24, 2.45) is 5.92 Å². The van der Waals surface area contributed by atoms with Gasteiger partial charge in [-0.15, -0.1) is 0 Å². The van der Waals surface area contributed by atoms with E-state index in [0.717, 1.165) is 13.0 Å². The molecule has 36 heavy (non-hydrogen) atoms. The van der Waals surface area contributed by atoms with Gasteiger partial charge in [0.15, 0.2) is 6.61 Å². The molecule has 10 nitrogen and oxygen atoms in total. The van der Waals surface area contributed by atoms with E-state index in [1.54, 1.807) is 73.1 Å². The largest absolute Gasteiger partial charge is 0.497 e. The first-order valence-electron chi connectivity index (χ1n) is 11.7. The highest BCUT2D eigenvalue weighted by molar-refractivity contribution is 6.00. The molecule has 1 aliphatic heterocycles. The zero-order valence-electron chi connectivity index (χ0n) is 20.1. The Morgan fingerprint density at radius 1 is 1.14 bits per heavy atom. The lowest BCUT2D eigenvalue weighted by atomic mass is 10.1. The van der Waals surface area contributed by atoms with Crippen molar-refractivity contribution in [2.45, 2.75) is 19.4 Å². The second-order valence-corrected chi connectivity index (χ2v) is 8.41. The molecule has 0 radical (unpaired) electrons. The lowest BCUT2D eigenvalue weighted by Crippen LogP contribution is -2.33. The van der Waals surface area contributed by atoms with E-state index >= 15 is 0 Å². The quantitative estimate of drug-likeness (QED) is 0.398. The number of methoxy groups -OCH3 is 1. The van der Waals surface area contributed by atoms with Gasteiger partial charge < -0.3 is 29.6 Å². The number of anilines is 2. The van der Waals surface area contributed by atoms with E-state index in [-0.39, 0.29) is 36.7 Å². The predicted octanol–water partition coefficient (Wildman–Crippen LogP) is 2.47. The smallest absolute Gasteiger partial charge is 0.262 e. The molecule has 3 aromatic rings. The first-order valence-corrected chi connectivity index (χ1v) is 11.7. The van der Waals surface area contributed by atoms with Gasteiger partial charge in [-0.25, -0.2) is 4.98 Å². The number of hydrogen-bond acceptors (Lipinski definition) is 6. The third-order valence-electron chi connectivity index (χ3n) is 5.82. The lowest BCUT2D eigenvalue weighted by Gasteiger charge is -2.17. The molecule has 1 atom stereocenters. The van der Waals surface area contributed by atoms with Crippen molar-refractivity contribution >= 4 is 29.1 Å². The van der Waals surface area contributed by atoms with Gasteiger partial charge in [0.2, 0.25) is 11.8 Å². The number of rotatable bonds is 11. The number of nitrogens with one attached hydrogen (secondary N) is 2. The van der Waals surface area contributed by atoms with Gasteiger partial charge in [0, 0.05) is 55.9 Å². The van der Waals surface area contributed by atoms with Gasteiger partial charge >= 0.3 is 0 Å². The summed E-state index contributed by atoms with van der Waals surface area (Å²) >= 11 is 0. The van der Waals surface area contributed by atoms with Gasteiger partial charge in [-0.2, -0.15) is 0 Å². The first kappa shape index (κ1) is 24.8. The average Bonchev–Trinajstić information content (AvgIpc) is 3.55. The van der Waals surface area contributed by atoms with Crippen molar-refractivity contribution in [1.82, 2.24) is 14.9 Å². The fourth-order valence-electron chi connectivity index (χ4n) is 3.94. The highest BCUT2D eigenvalue weighted by atomic mass is 16.5. The highest BCUT2D eigenvalue weighted by Crippen LogP contribution is 2.27. The number of carbonyl (C=O) groups excluding carboxylic acids is 3. The van der Waals surface area contributed by atoms with Crippen LogP contribution in [0.5, 0.6) is 11.5 Å². The van der Waals surface area contributed by atoms with E-state index in [1.165, 1.54) is 0 Å². The molecule has 10 heteroatoms. The fourth-order valence-corrected chi connectivity index (χ4v) is 3.94. The van der Waals surface area contributed by atoms with Gasteiger partial charge in [0.05, 0.1) is 19.4 Å². The van der Waals surface area contributed by atoms with Gasteiger partial charge in [0.1, 0.15) is 11.5 Å². The summed E-state index contributed by atoms with van der Waals surface area (Å²) in [6.07, 6.45) is 6.30. The Labute approximate surface area is 209 Å². The monoisotopic (exact) mass is 491 g/mol. The summed E-state index contributed by atoms with van der Waals surface area (Å²) in [6.45, 7) is 1.48. The topological polar surface area (TPSA) is 115 Å². The Hall–Kier alpha value is -4.34. The van der Waals surface area contributed by atoms with Crippen LogP contribution in [0.2, 0.25) is 0 Å². The summed E-state index contributed by atoms with van der Waals surface area (Å²) in [5.41, 5.74) is 1.30. The molecule has 0 spiro atoms. The van der Waals surface area contributed by atoms with Crippen LogP contribution in [0, 0.1) is 5.92 Å². The van der Waals surface area contributed by atoms with Crippen LogP contribution < -0.4 is 25.0 Å². The zero-order valence-corrected chi connectivity index (χ0v) is 20.1. The van der Waals surface area contributed by atoms with Gasteiger partial charge in [-0.05, 0) is 42.8 Å². The number of aromatic nitrogens is 2. The molecule has 1 saturated heterocycles. The number of hydrogen-bond donors (Lipinski definition) is 2. The summed E-state index contributed by atoms with van der Waals surface area (Å²) in [5, 5.41) is 5.67. The van der Waals surface area contributed by atoms with Crippen molar-refractivity contribution in [3.05, 3.63) is 67.3 Å². The molecule has 0 bridgehead atoms. The van der Waals surface area contributed by atoms with Gasteiger partial charge in [-0.3, -0.25) is 14.4 Å². The number of benzene rings is 2. The lowest BCUT2D eigenvalue weighted by molar-refractivity contribution is -0.126. The maximum atomic E-state index is 12.5. The van der Waals surface area contributed by atoms with E-state index in [0.29, 0.717) is 36.0 Å². The second-order valence-electron chi connectivity index (χ2n) is 8.41. The molecule has 188 valence electrons. The third-order valence-corrected chi connectivity index (χ3v) is 5.82. The van der Waals surface area contributed by atoms with E-state index < -0.39 is 0 Å². The van der Waals surface area contributed by atoms with Gasteiger partial charge in [-0.1, -0.05) is 6.07 Å². The van der Waals surface area contributed by atoms with Crippen molar-refractivity contribution in [3.8, 4) is 11.5 Å². The molecule has 2 N–H and O–H groups in total. The summed E-state index contributed by atoms with van der Waals surface area (Å²) in [6, 6.07) is 13.9. The average molecular weight is 492 g/mol. The van der Waals surface area contributed by atoms with E-state index in [9.17, 15) is 14.4 Å². The normalized spacial score (nSPS) is 15.0. The highest BCUT2D eigenvalue weighted by Gasteiger charge is 2.34. The minimum atomic E-state index is -0.387. The van der Waals surface area contributed by atoms with Crippen molar-refractivity contribution in [2.75, 3.05) is 37.0 Å². The maximum absolute atomic E-state index is 12.5. The predicted molar refractivity (Wildman–Crippen MR) is 134 cm³/mol. The Morgan fingerprint density at radius 3 is 2.72 bits per heavy atom. The van der Waals surface area contributed by atoms with Crippen molar-refractivity contribution < 1.29 is 23.9 Å². The van der Waals surface area contributed by atoms with E-state index in [1.807, 2.05) is 10.8 Å². The molecule has 2 aromatic carbocycles. The number of ether oxygens (including phenoxy) is 2. The van der Waals surface area contributed by atoms with Crippen LogP contribution in [0.4, 0.5) is 11.4 Å². The van der Waals surface area contributed by atoms with E-state index in [4.69, 9.17) is 9.47 Å². The minimum Gasteiger partial charge on any atom is -0.497 e. The third kappa shape index (κ3) is 6.62. The molecule has 1 aliphatic rings. The number of aryl methyl sites for hydroxylation is 1. The van der Waals surface area contributed by atoms with Crippen LogP contribution in [-0.2, 0) is 20.9 Å². The molecule has 0 unspecified atom stereocenters. The Balaban J connectivity index is 1.22. The minimum absolute atomic E-state index is 0.0973. The number of imidazole rings is 1. The van der Waals surface area contributed by atoms with Crippen LogP contribution in [0.25, 0.3) is 0 Å². The Kier molecular flexibility index (Phi) is 8.17. The molecule has 0 aliphatic carbocycles. The molecule has 1 aromatic heterocycles. The summed E-state index contributed by atoms with van der Waals surface area (Å²) < 4.78 is 12.7. The Morgan fingerprint density at radius 2 is 1.97 bits per heavy atom. The summed E-state index contributed by atoms with van der Waals surface area (Å²) in [5.74, 6) is 0.241. The number of nitrogens with zero attached hydrogens (tertiary/aromatic N) is 3. The molecular weight excluding hydrogens is 462 g/mol. The number of amides is 3. The zero-order chi connectivity index (χ0) is 25.3. The maximum Gasteiger partial charge on any atom is 0.262 e. The molecule has 2 heterocycles. The first-order chi connectivity index (χ1) is 17.5. The molecule has 1 fully saturated rings. The molecular formula is C26H29N5O5. The van der Waals surface area contributed by atoms with Crippen LogP contribution in [0.15, 0.2) is 67.3 Å². The molecule has 4 rings (SSSR count). The summed E-state index contributed by atoms with van der Waals surface area (Å²) in [7, 11) is 1.56. The standard InChI is InChI=1S/C26H29N5O5/c1-35-23-5-2-4-20(15-23)29-24(32)17-36-22-8-6-21(7-9-22)31-16-19(14-25(31)33)26(34)28-10-3-12-30-13-11-27-18-30/h2,4-9,11,13,15,18-19H,3,10,12,14,16-17H2,1H3,(H,28,34)(H,29,32)/t19-/m0/s1. The molecule has 3 amide bonds.